The molecule has 0 aliphatic carbocycles. The molecule has 2 aromatic rings. The first-order chi connectivity index (χ1) is 8.56. The number of thiophene rings is 1. The van der Waals surface area contributed by atoms with Gasteiger partial charge in [-0.3, -0.25) is 0 Å². The number of benzene rings is 1. The van der Waals surface area contributed by atoms with E-state index in [1.165, 1.54) is 23.5 Å². The van der Waals surface area contributed by atoms with Crippen LogP contribution >= 0.6 is 27.3 Å². The molecular formula is C12H9BrFNO2S. The number of carboxylic acid groups (broad SMARTS) is 1. The van der Waals surface area contributed by atoms with Crippen molar-refractivity contribution in [3.05, 3.63) is 50.4 Å². The molecule has 1 aromatic carbocycles. The zero-order valence-electron chi connectivity index (χ0n) is 9.11. The molecule has 0 radical (unpaired) electrons. The summed E-state index contributed by atoms with van der Waals surface area (Å²) in [5.41, 5.74) is 0.912. The minimum absolute atomic E-state index is 0.273. The van der Waals surface area contributed by atoms with Crippen LogP contribution in [0.15, 0.2) is 34.1 Å². The van der Waals surface area contributed by atoms with Crippen LogP contribution in [0.2, 0.25) is 0 Å². The molecule has 0 unspecified atom stereocenters. The monoisotopic (exact) mass is 329 g/mol. The van der Waals surface area contributed by atoms with E-state index in [9.17, 15) is 9.18 Å². The van der Waals surface area contributed by atoms with E-state index in [1.54, 1.807) is 17.5 Å². The second-order valence-electron chi connectivity index (χ2n) is 3.58. The third-order valence-electron chi connectivity index (χ3n) is 2.28. The second kappa shape index (κ2) is 5.49. The summed E-state index contributed by atoms with van der Waals surface area (Å²) in [6.45, 7) is 0.458. The Hall–Kier alpha value is -1.40. The number of hydrogen-bond donors (Lipinski definition) is 2. The number of carboxylic acids is 1. The van der Waals surface area contributed by atoms with Crippen molar-refractivity contribution in [1.29, 1.82) is 0 Å². The van der Waals surface area contributed by atoms with E-state index in [0.29, 0.717) is 12.2 Å². The minimum atomic E-state index is -0.940. The van der Waals surface area contributed by atoms with Gasteiger partial charge in [0.05, 0.1) is 11.3 Å². The Labute approximate surface area is 115 Å². The molecule has 2 rings (SSSR count). The Bertz CT molecular complexity index is 585. The van der Waals surface area contributed by atoms with Gasteiger partial charge in [0.15, 0.2) is 0 Å². The zero-order valence-corrected chi connectivity index (χ0v) is 11.5. The van der Waals surface area contributed by atoms with Crippen molar-refractivity contribution in [2.75, 3.05) is 5.32 Å². The van der Waals surface area contributed by atoms with E-state index in [4.69, 9.17) is 5.11 Å². The quantitative estimate of drug-likeness (QED) is 0.892. The van der Waals surface area contributed by atoms with Gasteiger partial charge in [-0.25, -0.2) is 9.18 Å². The van der Waals surface area contributed by atoms with Crippen molar-refractivity contribution >= 4 is 38.9 Å². The highest BCUT2D eigenvalue weighted by atomic mass is 79.9. The first-order valence-corrected chi connectivity index (χ1v) is 6.73. The molecule has 1 aromatic heterocycles. The largest absolute Gasteiger partial charge is 0.478 e. The maximum absolute atomic E-state index is 13.0. The van der Waals surface area contributed by atoms with Gasteiger partial charge < -0.3 is 10.4 Å². The molecule has 0 fully saturated rings. The first kappa shape index (κ1) is 13.0. The lowest BCUT2D eigenvalue weighted by Crippen LogP contribution is -1.99. The van der Waals surface area contributed by atoms with Crippen molar-refractivity contribution in [2.45, 2.75) is 6.54 Å². The molecule has 0 aliphatic rings. The summed E-state index contributed by atoms with van der Waals surface area (Å²) in [5.74, 6) is -1.26. The van der Waals surface area contributed by atoms with Crippen LogP contribution in [0.1, 0.15) is 15.2 Å². The third kappa shape index (κ3) is 3.08. The van der Waals surface area contributed by atoms with Gasteiger partial charge in [-0.2, -0.15) is 0 Å². The van der Waals surface area contributed by atoms with Gasteiger partial charge in [-0.15, -0.1) is 11.3 Å². The number of anilines is 1. The highest BCUT2D eigenvalue weighted by molar-refractivity contribution is 9.10. The van der Waals surface area contributed by atoms with Crippen molar-refractivity contribution in [3.8, 4) is 0 Å². The van der Waals surface area contributed by atoms with E-state index in [2.05, 4.69) is 21.2 Å². The lowest BCUT2D eigenvalue weighted by atomic mass is 10.3. The summed E-state index contributed by atoms with van der Waals surface area (Å²) >= 11 is 4.67. The molecule has 1 heterocycles. The number of hydrogen-bond acceptors (Lipinski definition) is 3. The molecule has 0 aliphatic heterocycles. The summed E-state index contributed by atoms with van der Waals surface area (Å²) in [5, 5.41) is 13.4. The molecular weight excluding hydrogens is 321 g/mol. The van der Waals surface area contributed by atoms with Crippen LogP contribution in [-0.4, -0.2) is 11.1 Å². The summed E-state index contributed by atoms with van der Waals surface area (Å²) < 4.78 is 13.8. The van der Waals surface area contributed by atoms with Crippen molar-refractivity contribution in [2.24, 2.45) is 0 Å². The lowest BCUT2D eigenvalue weighted by molar-refractivity contribution is 0.0697. The Balaban J connectivity index is 2.06. The number of rotatable bonds is 4. The number of halogens is 2. The van der Waals surface area contributed by atoms with Crippen LogP contribution in [-0.2, 0) is 6.54 Å². The second-order valence-corrected chi connectivity index (χ2v) is 5.43. The fourth-order valence-electron chi connectivity index (χ4n) is 1.40. The predicted octanol–water partition coefficient (Wildman–Crippen LogP) is 3.96. The third-order valence-corrected chi connectivity index (χ3v) is 3.91. The number of carbonyl (C=O) groups is 1. The van der Waals surface area contributed by atoms with Gasteiger partial charge in [0, 0.05) is 21.3 Å². The fraction of sp³-hybridized carbons (Fsp3) is 0.0833. The maximum Gasteiger partial charge on any atom is 0.336 e. The standard InChI is InChI=1S/C12H9BrFNO2S/c13-10-2-1-8(14)4-11(10)15-5-9-3-7(6-18-9)12(16)17/h1-4,6,15H,5H2,(H,16,17). The summed E-state index contributed by atoms with van der Waals surface area (Å²) in [4.78, 5) is 11.6. The normalized spacial score (nSPS) is 10.3. The molecule has 0 saturated heterocycles. The highest BCUT2D eigenvalue weighted by Gasteiger charge is 2.07. The van der Waals surface area contributed by atoms with Crippen LogP contribution in [0.5, 0.6) is 0 Å². The number of aromatic carboxylic acids is 1. The van der Waals surface area contributed by atoms with E-state index in [-0.39, 0.29) is 11.4 Å². The molecule has 2 N–H and O–H groups in total. The Kier molecular flexibility index (Phi) is 3.98. The van der Waals surface area contributed by atoms with Gasteiger partial charge in [0.25, 0.3) is 0 Å². The van der Waals surface area contributed by atoms with Crippen LogP contribution in [0.25, 0.3) is 0 Å². The summed E-state index contributed by atoms with van der Waals surface area (Å²) in [7, 11) is 0. The van der Waals surface area contributed by atoms with E-state index < -0.39 is 5.97 Å². The van der Waals surface area contributed by atoms with Gasteiger partial charge >= 0.3 is 5.97 Å². The Morgan fingerprint density at radius 3 is 2.89 bits per heavy atom. The van der Waals surface area contributed by atoms with Crippen LogP contribution in [0.4, 0.5) is 10.1 Å². The molecule has 0 bridgehead atoms. The summed E-state index contributed by atoms with van der Waals surface area (Å²) in [6, 6.07) is 5.97. The van der Waals surface area contributed by atoms with Gasteiger partial charge in [0.1, 0.15) is 5.82 Å². The van der Waals surface area contributed by atoms with Crippen molar-refractivity contribution in [1.82, 2.24) is 0 Å². The molecule has 94 valence electrons. The Morgan fingerprint density at radius 2 is 2.22 bits per heavy atom. The average molecular weight is 330 g/mol. The van der Waals surface area contributed by atoms with Gasteiger partial charge in [0.2, 0.25) is 0 Å². The SMILES string of the molecule is O=C(O)c1csc(CNc2cc(F)ccc2Br)c1. The molecule has 0 saturated carbocycles. The first-order valence-electron chi connectivity index (χ1n) is 5.06. The molecule has 0 amide bonds. The molecule has 0 atom stereocenters. The molecule has 6 heteroatoms. The van der Waals surface area contributed by atoms with E-state index >= 15 is 0 Å². The van der Waals surface area contributed by atoms with Gasteiger partial charge in [-0.05, 0) is 40.2 Å². The summed E-state index contributed by atoms with van der Waals surface area (Å²) in [6.07, 6.45) is 0. The van der Waals surface area contributed by atoms with E-state index in [1.807, 2.05) is 0 Å². The minimum Gasteiger partial charge on any atom is -0.478 e. The van der Waals surface area contributed by atoms with E-state index in [0.717, 1.165) is 9.35 Å². The van der Waals surface area contributed by atoms with Crippen molar-refractivity contribution < 1.29 is 14.3 Å². The number of nitrogens with one attached hydrogen (secondary N) is 1. The fourth-order valence-corrected chi connectivity index (χ4v) is 2.59. The molecule has 18 heavy (non-hydrogen) atoms. The lowest BCUT2D eigenvalue weighted by Gasteiger charge is -2.07. The topological polar surface area (TPSA) is 49.3 Å². The van der Waals surface area contributed by atoms with Gasteiger partial charge in [-0.1, -0.05) is 0 Å². The average Bonchev–Trinajstić information content (AvgIpc) is 2.79. The van der Waals surface area contributed by atoms with Crippen LogP contribution < -0.4 is 5.32 Å². The zero-order chi connectivity index (χ0) is 13.1. The maximum atomic E-state index is 13.0. The highest BCUT2D eigenvalue weighted by Crippen LogP contribution is 2.24. The van der Waals surface area contributed by atoms with Crippen LogP contribution in [0, 0.1) is 5.82 Å². The predicted molar refractivity (Wildman–Crippen MR) is 72.7 cm³/mol. The van der Waals surface area contributed by atoms with Crippen LogP contribution in [0.3, 0.4) is 0 Å². The molecule has 0 spiro atoms. The smallest absolute Gasteiger partial charge is 0.336 e. The molecule has 3 nitrogen and oxygen atoms in total. The Morgan fingerprint density at radius 1 is 1.44 bits per heavy atom. The van der Waals surface area contributed by atoms with Crippen molar-refractivity contribution in [3.63, 3.8) is 0 Å².